The van der Waals surface area contributed by atoms with Crippen molar-refractivity contribution < 1.29 is 9.90 Å². The molecule has 1 aliphatic carbocycles. The van der Waals surface area contributed by atoms with E-state index < -0.39 is 6.10 Å². The molecule has 4 rings (SSSR count). The number of hydrogen-bond acceptors (Lipinski definition) is 5. The molecule has 7 nitrogen and oxygen atoms in total. The molecule has 7 heteroatoms. The predicted molar refractivity (Wildman–Crippen MR) is 105 cm³/mol. The van der Waals surface area contributed by atoms with Crippen molar-refractivity contribution in [3.05, 3.63) is 30.2 Å². The van der Waals surface area contributed by atoms with Gasteiger partial charge in [0.1, 0.15) is 6.04 Å². The summed E-state index contributed by atoms with van der Waals surface area (Å²) < 4.78 is 0. The number of aromatic nitrogens is 2. The number of rotatable bonds is 5. The molecule has 0 aromatic carbocycles. The molecule has 1 aliphatic heterocycles. The summed E-state index contributed by atoms with van der Waals surface area (Å²) in [5.41, 5.74) is 1.61. The standard InChI is InChI=1S/C21H27N5O2/c22-10-17-2-1-9-26(17)20(27)13-24-16-6-3-14(4-7-16)21(28)18-8-5-15-11-23-12-19(15)25-18/h5,8,11-12,14,16-17,21,23-24,28H,1-4,6-7,9,13H2/t14?,16?,17-,21?/m0/s1. The van der Waals surface area contributed by atoms with E-state index in [1.807, 2.05) is 24.5 Å². The van der Waals surface area contributed by atoms with Crippen molar-refractivity contribution in [2.75, 3.05) is 13.1 Å². The minimum Gasteiger partial charge on any atom is -0.387 e. The summed E-state index contributed by atoms with van der Waals surface area (Å²) in [5.74, 6) is 0.217. The third kappa shape index (κ3) is 3.89. The van der Waals surface area contributed by atoms with Gasteiger partial charge >= 0.3 is 0 Å². The highest BCUT2D eigenvalue weighted by atomic mass is 16.3. The summed E-state index contributed by atoms with van der Waals surface area (Å²) in [7, 11) is 0. The van der Waals surface area contributed by atoms with E-state index in [-0.39, 0.29) is 23.9 Å². The molecular formula is C21H27N5O2. The van der Waals surface area contributed by atoms with Gasteiger partial charge in [-0.1, -0.05) is 0 Å². The lowest BCUT2D eigenvalue weighted by molar-refractivity contribution is -0.130. The van der Waals surface area contributed by atoms with Crippen LogP contribution in [0.5, 0.6) is 0 Å². The summed E-state index contributed by atoms with van der Waals surface area (Å²) in [5, 5.41) is 24.3. The lowest BCUT2D eigenvalue weighted by atomic mass is 9.81. The molecule has 1 saturated carbocycles. The number of nitrogens with zero attached hydrogens (tertiary/aromatic N) is 3. The number of amides is 1. The molecule has 3 N–H and O–H groups in total. The predicted octanol–water partition coefficient (Wildman–Crippen LogP) is 2.26. The van der Waals surface area contributed by atoms with Crippen LogP contribution in [0.25, 0.3) is 10.9 Å². The quantitative estimate of drug-likeness (QED) is 0.737. The number of H-pyrrole nitrogens is 1. The number of pyridine rings is 1. The smallest absolute Gasteiger partial charge is 0.237 e. The number of aliphatic hydroxyl groups is 1. The Bertz CT molecular complexity index is 865. The highest BCUT2D eigenvalue weighted by Crippen LogP contribution is 2.34. The van der Waals surface area contributed by atoms with E-state index in [0.29, 0.717) is 13.1 Å². The Morgan fingerprint density at radius 1 is 1.32 bits per heavy atom. The number of likely N-dealkylation sites (tertiary alicyclic amines) is 1. The number of nitriles is 1. The number of carbonyl (C=O) groups is 1. The zero-order valence-corrected chi connectivity index (χ0v) is 16.0. The maximum Gasteiger partial charge on any atom is 0.237 e. The Morgan fingerprint density at radius 2 is 2.14 bits per heavy atom. The maximum atomic E-state index is 12.4. The average molecular weight is 381 g/mol. The van der Waals surface area contributed by atoms with Crippen LogP contribution < -0.4 is 5.32 Å². The molecular weight excluding hydrogens is 354 g/mol. The zero-order chi connectivity index (χ0) is 19.5. The number of fused-ring (bicyclic) bond motifs is 1. The Balaban J connectivity index is 1.26. The van der Waals surface area contributed by atoms with Crippen molar-refractivity contribution in [2.45, 2.75) is 56.7 Å². The van der Waals surface area contributed by atoms with Gasteiger partial charge in [-0.25, -0.2) is 4.98 Å². The van der Waals surface area contributed by atoms with E-state index in [1.54, 1.807) is 4.90 Å². The molecule has 0 bridgehead atoms. The summed E-state index contributed by atoms with van der Waals surface area (Å²) in [6.07, 6.45) is 8.57. The molecule has 2 fully saturated rings. The van der Waals surface area contributed by atoms with Crippen LogP contribution in [0.2, 0.25) is 0 Å². The van der Waals surface area contributed by atoms with Gasteiger partial charge in [-0.15, -0.1) is 0 Å². The molecule has 0 radical (unpaired) electrons. The summed E-state index contributed by atoms with van der Waals surface area (Å²) in [6, 6.07) is 6.14. The van der Waals surface area contributed by atoms with Gasteiger partial charge in [0.15, 0.2) is 0 Å². The molecule has 2 aromatic rings. The van der Waals surface area contributed by atoms with Crippen LogP contribution in [0, 0.1) is 17.2 Å². The fraction of sp³-hybridized carbons (Fsp3) is 0.571. The topological polar surface area (TPSA) is 105 Å². The minimum absolute atomic E-state index is 0.0233. The highest BCUT2D eigenvalue weighted by Gasteiger charge is 2.31. The van der Waals surface area contributed by atoms with Crippen LogP contribution in [-0.4, -0.2) is 51.1 Å². The third-order valence-corrected chi connectivity index (χ3v) is 6.22. The fourth-order valence-electron chi connectivity index (χ4n) is 4.53. The summed E-state index contributed by atoms with van der Waals surface area (Å²) in [6.45, 7) is 0.984. The van der Waals surface area contributed by atoms with Crippen molar-refractivity contribution in [3.63, 3.8) is 0 Å². The monoisotopic (exact) mass is 381 g/mol. The largest absolute Gasteiger partial charge is 0.387 e. The molecule has 0 spiro atoms. The minimum atomic E-state index is -0.553. The molecule has 1 saturated heterocycles. The molecule has 28 heavy (non-hydrogen) atoms. The van der Waals surface area contributed by atoms with Gasteiger partial charge in [0.05, 0.1) is 29.9 Å². The van der Waals surface area contributed by atoms with E-state index in [2.05, 4.69) is 21.4 Å². The van der Waals surface area contributed by atoms with Gasteiger partial charge < -0.3 is 20.3 Å². The second kappa shape index (κ2) is 8.29. The second-order valence-corrected chi connectivity index (χ2v) is 7.98. The van der Waals surface area contributed by atoms with Crippen LogP contribution in [-0.2, 0) is 4.79 Å². The number of aromatic amines is 1. The molecule has 1 amide bonds. The van der Waals surface area contributed by atoms with Crippen LogP contribution in [0.3, 0.4) is 0 Å². The molecule has 3 heterocycles. The molecule has 1 unspecified atom stereocenters. The van der Waals surface area contributed by atoms with Gasteiger partial charge in [-0.2, -0.15) is 5.26 Å². The van der Waals surface area contributed by atoms with E-state index in [1.165, 1.54) is 0 Å². The first-order valence-electron chi connectivity index (χ1n) is 10.2. The summed E-state index contributed by atoms with van der Waals surface area (Å²) in [4.78, 5) is 21.7. The van der Waals surface area contributed by atoms with Crippen LogP contribution >= 0.6 is 0 Å². The third-order valence-electron chi connectivity index (χ3n) is 6.22. The van der Waals surface area contributed by atoms with Gasteiger partial charge in [0, 0.05) is 30.4 Å². The first-order valence-corrected chi connectivity index (χ1v) is 10.2. The number of aliphatic hydroxyl groups excluding tert-OH is 1. The fourth-order valence-corrected chi connectivity index (χ4v) is 4.53. The first-order chi connectivity index (χ1) is 13.7. The van der Waals surface area contributed by atoms with Crippen LogP contribution in [0.15, 0.2) is 24.5 Å². The van der Waals surface area contributed by atoms with Gasteiger partial charge in [-0.05, 0) is 56.6 Å². The molecule has 2 atom stereocenters. The normalized spacial score (nSPS) is 26.3. The van der Waals surface area contributed by atoms with Gasteiger partial charge in [0.2, 0.25) is 5.91 Å². The van der Waals surface area contributed by atoms with Crippen molar-refractivity contribution in [3.8, 4) is 6.07 Å². The van der Waals surface area contributed by atoms with Crippen molar-refractivity contribution in [1.82, 2.24) is 20.2 Å². The average Bonchev–Trinajstić information content (AvgIpc) is 3.40. The SMILES string of the molecule is N#C[C@@H]1CCCN1C(=O)CNC1CCC(C(O)c2ccc3c[nH]cc3n2)CC1. The molecule has 148 valence electrons. The lowest BCUT2D eigenvalue weighted by Gasteiger charge is -2.32. The number of carbonyl (C=O) groups excluding carboxylic acids is 1. The maximum absolute atomic E-state index is 12.4. The van der Waals surface area contributed by atoms with Gasteiger partial charge in [-0.3, -0.25) is 4.79 Å². The second-order valence-electron chi connectivity index (χ2n) is 7.98. The lowest BCUT2D eigenvalue weighted by Crippen LogP contribution is -2.44. The van der Waals surface area contributed by atoms with Crippen molar-refractivity contribution >= 4 is 16.8 Å². The zero-order valence-electron chi connectivity index (χ0n) is 16.0. The Labute approximate surface area is 164 Å². The molecule has 2 aromatic heterocycles. The number of hydrogen-bond donors (Lipinski definition) is 3. The van der Waals surface area contributed by atoms with Crippen molar-refractivity contribution in [2.24, 2.45) is 5.92 Å². The summed E-state index contributed by atoms with van der Waals surface area (Å²) >= 11 is 0. The van der Waals surface area contributed by atoms with Gasteiger partial charge in [0.25, 0.3) is 0 Å². The van der Waals surface area contributed by atoms with Crippen molar-refractivity contribution in [1.29, 1.82) is 5.26 Å². The highest BCUT2D eigenvalue weighted by molar-refractivity contribution is 5.79. The Kier molecular flexibility index (Phi) is 5.60. The number of nitrogens with one attached hydrogen (secondary N) is 2. The van der Waals surface area contributed by atoms with E-state index >= 15 is 0 Å². The van der Waals surface area contributed by atoms with E-state index in [4.69, 9.17) is 5.26 Å². The first kappa shape index (κ1) is 18.9. The van der Waals surface area contributed by atoms with Crippen LogP contribution in [0.4, 0.5) is 0 Å². The Morgan fingerprint density at radius 3 is 2.93 bits per heavy atom. The van der Waals surface area contributed by atoms with Crippen LogP contribution in [0.1, 0.15) is 50.3 Å². The van der Waals surface area contributed by atoms with E-state index in [0.717, 1.165) is 55.1 Å². The van der Waals surface area contributed by atoms with E-state index in [9.17, 15) is 9.90 Å². The Hall–Kier alpha value is -2.43. The molecule has 2 aliphatic rings.